The lowest BCUT2D eigenvalue weighted by atomic mass is 10.4. The quantitative estimate of drug-likeness (QED) is 0.847. The van der Waals surface area contributed by atoms with E-state index in [1.807, 2.05) is 12.1 Å². The predicted octanol–water partition coefficient (Wildman–Crippen LogP) is 1.94. The van der Waals surface area contributed by atoms with Gasteiger partial charge in [-0.2, -0.15) is 0 Å². The van der Waals surface area contributed by atoms with E-state index < -0.39 is 0 Å². The van der Waals surface area contributed by atoms with Crippen molar-refractivity contribution < 1.29 is 0 Å². The molecule has 2 N–H and O–H groups in total. The van der Waals surface area contributed by atoms with Crippen molar-refractivity contribution in [3.63, 3.8) is 0 Å². The Morgan fingerprint density at radius 3 is 2.85 bits per heavy atom. The van der Waals surface area contributed by atoms with Gasteiger partial charge < -0.3 is 5.73 Å². The van der Waals surface area contributed by atoms with Crippen molar-refractivity contribution in [1.29, 1.82) is 0 Å². The number of hydrogen-bond donors (Lipinski definition) is 1. The standard InChI is InChI=1S/C7H5BrN4S/c8-4-1-2-10-5(3-4)6-11-12-7(9)13-6/h1-3H,(H2,9,12). The van der Waals surface area contributed by atoms with Crippen molar-refractivity contribution in [2.75, 3.05) is 5.73 Å². The molecule has 6 heteroatoms. The zero-order valence-corrected chi connectivity index (χ0v) is 8.84. The highest BCUT2D eigenvalue weighted by Crippen LogP contribution is 2.24. The van der Waals surface area contributed by atoms with E-state index in [1.165, 1.54) is 11.3 Å². The highest BCUT2D eigenvalue weighted by molar-refractivity contribution is 9.10. The molecule has 2 aromatic rings. The van der Waals surface area contributed by atoms with Crippen LogP contribution >= 0.6 is 27.3 Å². The summed E-state index contributed by atoms with van der Waals surface area (Å²) in [4.78, 5) is 4.15. The number of nitrogens with two attached hydrogens (primary N) is 1. The maximum atomic E-state index is 5.46. The summed E-state index contributed by atoms with van der Waals surface area (Å²) in [6, 6.07) is 3.73. The third kappa shape index (κ3) is 1.84. The molecule has 0 spiro atoms. The van der Waals surface area contributed by atoms with Gasteiger partial charge in [0.25, 0.3) is 0 Å². The van der Waals surface area contributed by atoms with Crippen LogP contribution in [0.1, 0.15) is 0 Å². The van der Waals surface area contributed by atoms with E-state index in [4.69, 9.17) is 5.73 Å². The first-order chi connectivity index (χ1) is 6.25. The minimum atomic E-state index is 0.455. The maximum absolute atomic E-state index is 5.46. The van der Waals surface area contributed by atoms with Crippen LogP contribution in [0.4, 0.5) is 5.13 Å². The predicted molar refractivity (Wildman–Crippen MR) is 55.3 cm³/mol. The zero-order chi connectivity index (χ0) is 9.26. The van der Waals surface area contributed by atoms with E-state index in [-0.39, 0.29) is 0 Å². The van der Waals surface area contributed by atoms with Gasteiger partial charge in [0.2, 0.25) is 5.13 Å². The second-order valence-electron chi connectivity index (χ2n) is 2.30. The fourth-order valence-electron chi connectivity index (χ4n) is 0.860. The van der Waals surface area contributed by atoms with Crippen molar-refractivity contribution in [3.05, 3.63) is 22.8 Å². The summed E-state index contributed by atoms with van der Waals surface area (Å²) in [7, 11) is 0. The Kier molecular flexibility index (Phi) is 2.24. The smallest absolute Gasteiger partial charge is 0.203 e. The lowest BCUT2D eigenvalue weighted by Gasteiger charge is -1.93. The number of halogens is 1. The van der Waals surface area contributed by atoms with Gasteiger partial charge in [0, 0.05) is 10.7 Å². The first kappa shape index (κ1) is 8.58. The molecule has 0 aliphatic rings. The van der Waals surface area contributed by atoms with Gasteiger partial charge in [-0.05, 0) is 12.1 Å². The van der Waals surface area contributed by atoms with Crippen LogP contribution in [-0.2, 0) is 0 Å². The molecule has 0 saturated heterocycles. The number of nitrogens with zero attached hydrogens (tertiary/aromatic N) is 3. The SMILES string of the molecule is Nc1nnc(-c2cc(Br)ccn2)s1. The summed E-state index contributed by atoms with van der Waals surface area (Å²) in [5.74, 6) is 0. The Labute approximate surface area is 87.0 Å². The van der Waals surface area contributed by atoms with Gasteiger partial charge in [0.05, 0.1) is 0 Å². The molecule has 0 saturated carbocycles. The van der Waals surface area contributed by atoms with Crippen LogP contribution in [0.15, 0.2) is 22.8 Å². The molecule has 0 aliphatic carbocycles. The Bertz CT molecular complexity index is 428. The van der Waals surface area contributed by atoms with Crippen molar-refractivity contribution in [2.45, 2.75) is 0 Å². The van der Waals surface area contributed by atoms with E-state index in [1.54, 1.807) is 6.20 Å². The second-order valence-corrected chi connectivity index (χ2v) is 4.23. The molecule has 0 bridgehead atoms. The van der Waals surface area contributed by atoms with Crippen molar-refractivity contribution in [1.82, 2.24) is 15.2 Å². The zero-order valence-electron chi connectivity index (χ0n) is 6.44. The van der Waals surface area contributed by atoms with Crippen LogP contribution in [-0.4, -0.2) is 15.2 Å². The van der Waals surface area contributed by atoms with E-state index in [9.17, 15) is 0 Å². The largest absolute Gasteiger partial charge is 0.374 e. The van der Waals surface area contributed by atoms with Crippen molar-refractivity contribution in [2.24, 2.45) is 0 Å². The van der Waals surface area contributed by atoms with Gasteiger partial charge in [0.15, 0.2) is 5.01 Å². The second kappa shape index (κ2) is 3.39. The fraction of sp³-hybridized carbons (Fsp3) is 0. The highest BCUT2D eigenvalue weighted by Gasteiger charge is 2.05. The van der Waals surface area contributed by atoms with Gasteiger partial charge in [-0.25, -0.2) is 0 Å². The molecule has 2 aromatic heterocycles. The normalized spacial score (nSPS) is 10.2. The number of hydrogen-bond acceptors (Lipinski definition) is 5. The Morgan fingerprint density at radius 1 is 1.38 bits per heavy atom. The molecule has 0 atom stereocenters. The average molecular weight is 257 g/mol. The highest BCUT2D eigenvalue weighted by atomic mass is 79.9. The minimum Gasteiger partial charge on any atom is -0.374 e. The molecule has 66 valence electrons. The summed E-state index contributed by atoms with van der Waals surface area (Å²) in [5.41, 5.74) is 6.24. The third-order valence-corrected chi connectivity index (χ3v) is 2.65. The van der Waals surface area contributed by atoms with Gasteiger partial charge >= 0.3 is 0 Å². The van der Waals surface area contributed by atoms with Gasteiger partial charge in [-0.3, -0.25) is 4.98 Å². The first-order valence-electron chi connectivity index (χ1n) is 3.46. The van der Waals surface area contributed by atoms with Gasteiger partial charge in [-0.15, -0.1) is 10.2 Å². The fourth-order valence-corrected chi connectivity index (χ4v) is 1.77. The summed E-state index contributed by atoms with van der Waals surface area (Å²) in [5, 5.41) is 8.79. The monoisotopic (exact) mass is 256 g/mol. The molecule has 0 fully saturated rings. The van der Waals surface area contributed by atoms with Crippen molar-refractivity contribution in [3.8, 4) is 10.7 Å². The van der Waals surface area contributed by atoms with Gasteiger partial charge in [-0.1, -0.05) is 27.3 Å². The Morgan fingerprint density at radius 2 is 2.23 bits per heavy atom. The Hall–Kier alpha value is -1.01. The molecule has 0 aromatic carbocycles. The molecule has 0 aliphatic heterocycles. The van der Waals surface area contributed by atoms with Crippen molar-refractivity contribution >= 4 is 32.4 Å². The molecule has 2 heterocycles. The first-order valence-corrected chi connectivity index (χ1v) is 5.07. The van der Waals surface area contributed by atoms with Gasteiger partial charge in [0.1, 0.15) is 5.69 Å². The van der Waals surface area contributed by atoms with E-state index >= 15 is 0 Å². The summed E-state index contributed by atoms with van der Waals surface area (Å²) in [6.07, 6.45) is 1.71. The third-order valence-electron chi connectivity index (χ3n) is 1.38. The lowest BCUT2D eigenvalue weighted by Crippen LogP contribution is -1.82. The Balaban J connectivity index is 2.46. The molecule has 2 rings (SSSR count). The molecule has 0 amide bonds. The molecular formula is C7H5BrN4S. The van der Waals surface area contributed by atoms with Crippen LogP contribution in [0.5, 0.6) is 0 Å². The summed E-state index contributed by atoms with van der Waals surface area (Å²) < 4.78 is 0.964. The molecule has 13 heavy (non-hydrogen) atoms. The number of pyridine rings is 1. The van der Waals surface area contributed by atoms with Crippen LogP contribution in [0.25, 0.3) is 10.7 Å². The van der Waals surface area contributed by atoms with E-state index in [0.717, 1.165) is 15.2 Å². The van der Waals surface area contributed by atoms with Crippen LogP contribution in [0.3, 0.4) is 0 Å². The van der Waals surface area contributed by atoms with E-state index in [0.29, 0.717) is 5.13 Å². The molecular weight excluding hydrogens is 252 g/mol. The molecule has 0 radical (unpaired) electrons. The summed E-state index contributed by atoms with van der Waals surface area (Å²) >= 11 is 4.67. The molecule has 4 nitrogen and oxygen atoms in total. The van der Waals surface area contributed by atoms with Crippen LogP contribution < -0.4 is 5.73 Å². The van der Waals surface area contributed by atoms with Crippen LogP contribution in [0, 0.1) is 0 Å². The lowest BCUT2D eigenvalue weighted by molar-refractivity contribution is 1.09. The number of aromatic nitrogens is 3. The molecule has 0 unspecified atom stereocenters. The topological polar surface area (TPSA) is 64.7 Å². The number of anilines is 1. The maximum Gasteiger partial charge on any atom is 0.203 e. The van der Waals surface area contributed by atoms with E-state index in [2.05, 4.69) is 31.1 Å². The average Bonchev–Trinajstić information content (AvgIpc) is 2.52. The summed E-state index contributed by atoms with van der Waals surface area (Å²) in [6.45, 7) is 0. The minimum absolute atomic E-state index is 0.455. The number of rotatable bonds is 1. The number of nitrogen functional groups attached to an aromatic ring is 1. The van der Waals surface area contributed by atoms with Crippen LogP contribution in [0.2, 0.25) is 0 Å².